The van der Waals surface area contributed by atoms with Crippen LogP contribution in [0.25, 0.3) is 0 Å². The van der Waals surface area contributed by atoms with Crippen LogP contribution in [0.3, 0.4) is 0 Å². The van der Waals surface area contributed by atoms with E-state index in [0.717, 1.165) is 0 Å². The van der Waals surface area contributed by atoms with Gasteiger partial charge >= 0.3 is 5.82 Å². The summed E-state index contributed by atoms with van der Waals surface area (Å²) in [6.07, 6.45) is -0.184. The van der Waals surface area contributed by atoms with E-state index in [4.69, 9.17) is 4.74 Å². The zero-order chi connectivity index (χ0) is 13.5. The van der Waals surface area contributed by atoms with Crippen LogP contribution in [0.1, 0.15) is 39.0 Å². The molecule has 0 radical (unpaired) electrons. The molecule has 1 fully saturated rings. The molecule has 0 amide bonds. The van der Waals surface area contributed by atoms with Crippen molar-refractivity contribution in [1.82, 2.24) is 9.78 Å². The molecule has 1 aliphatic rings. The first-order valence-electron chi connectivity index (χ1n) is 5.67. The average molecular weight is 253 g/mol. The first-order chi connectivity index (χ1) is 8.29. The highest BCUT2D eigenvalue weighted by molar-refractivity contribution is 5.81. The minimum Gasteiger partial charge on any atom is -0.364 e. The number of ketones is 1. The van der Waals surface area contributed by atoms with Crippen molar-refractivity contribution in [2.75, 3.05) is 6.61 Å². The lowest BCUT2D eigenvalue weighted by Gasteiger charge is -2.20. The van der Waals surface area contributed by atoms with Gasteiger partial charge in [-0.3, -0.25) is 4.79 Å². The maximum Gasteiger partial charge on any atom is 0.390 e. The molecule has 1 saturated heterocycles. The van der Waals surface area contributed by atoms with Crippen molar-refractivity contribution in [2.45, 2.75) is 38.8 Å². The summed E-state index contributed by atoms with van der Waals surface area (Å²) in [6.45, 7) is 5.74. The molecule has 1 unspecified atom stereocenters. The summed E-state index contributed by atoms with van der Waals surface area (Å²) in [6, 6.07) is 1.38. The average Bonchev–Trinajstić information content (AvgIpc) is 2.81. The second-order valence-electron chi connectivity index (χ2n) is 5.31. The zero-order valence-electron chi connectivity index (χ0n) is 10.5. The summed E-state index contributed by atoms with van der Waals surface area (Å²) in [5, 5.41) is 14.8. The molecule has 0 saturated carbocycles. The summed E-state index contributed by atoms with van der Waals surface area (Å²) >= 11 is 0. The third-order valence-electron chi connectivity index (χ3n) is 2.73. The van der Waals surface area contributed by atoms with Crippen LogP contribution in [0.2, 0.25) is 0 Å². The number of hydrogen-bond acceptors (Lipinski definition) is 5. The van der Waals surface area contributed by atoms with E-state index in [0.29, 0.717) is 5.69 Å². The number of Topliss-reactive ketones (excluding diaryl/α,β-unsaturated/α-hetero) is 1. The van der Waals surface area contributed by atoms with Crippen LogP contribution < -0.4 is 0 Å². The second kappa shape index (κ2) is 4.16. The van der Waals surface area contributed by atoms with Gasteiger partial charge in [0.25, 0.3) is 0 Å². The van der Waals surface area contributed by atoms with E-state index in [1.807, 2.05) is 20.8 Å². The number of rotatable bonds is 2. The number of nitro groups is 1. The van der Waals surface area contributed by atoms with Gasteiger partial charge in [0.15, 0.2) is 5.78 Å². The van der Waals surface area contributed by atoms with E-state index in [-0.39, 0.29) is 24.6 Å². The molecule has 1 aromatic rings. The van der Waals surface area contributed by atoms with Crippen LogP contribution in [0.15, 0.2) is 6.07 Å². The van der Waals surface area contributed by atoms with Crippen molar-refractivity contribution < 1.29 is 14.5 Å². The third-order valence-corrected chi connectivity index (χ3v) is 2.73. The number of nitrogens with zero attached hydrogens (tertiary/aromatic N) is 3. The predicted octanol–water partition coefficient (Wildman–Crippen LogP) is 1.58. The van der Waals surface area contributed by atoms with Gasteiger partial charge in [-0.25, -0.2) is 0 Å². The van der Waals surface area contributed by atoms with E-state index in [2.05, 4.69) is 5.10 Å². The van der Waals surface area contributed by atoms with Crippen LogP contribution >= 0.6 is 0 Å². The third kappa shape index (κ3) is 2.26. The lowest BCUT2D eigenvalue weighted by molar-refractivity contribution is -0.389. The molecular formula is C11H15N3O4. The van der Waals surface area contributed by atoms with Crippen molar-refractivity contribution in [3.63, 3.8) is 0 Å². The summed E-state index contributed by atoms with van der Waals surface area (Å²) in [4.78, 5) is 21.5. The summed E-state index contributed by atoms with van der Waals surface area (Å²) in [7, 11) is 0. The van der Waals surface area contributed by atoms with Crippen molar-refractivity contribution in [2.24, 2.45) is 0 Å². The fraction of sp³-hybridized carbons (Fsp3) is 0.636. The van der Waals surface area contributed by atoms with Crippen LogP contribution in [0, 0.1) is 10.1 Å². The van der Waals surface area contributed by atoms with Crippen LogP contribution in [0.4, 0.5) is 5.82 Å². The SMILES string of the molecule is CC(C)(C)n1nc([N+](=O)[O-])cc1C1CC(=O)CO1. The number of hydrogen-bond donors (Lipinski definition) is 0. The standard InChI is InChI=1S/C11H15N3O4/c1-11(2,3)13-8(5-10(12-13)14(16)17)9-4-7(15)6-18-9/h5,9H,4,6H2,1-3H3. The molecule has 1 atom stereocenters. The first kappa shape index (κ1) is 12.7. The Bertz CT molecular complexity index is 501. The number of carbonyl (C=O) groups excluding carboxylic acids is 1. The Hall–Kier alpha value is -1.76. The molecule has 7 nitrogen and oxygen atoms in total. The molecule has 0 aromatic carbocycles. The molecule has 0 N–H and O–H groups in total. The van der Waals surface area contributed by atoms with E-state index in [1.165, 1.54) is 6.07 Å². The fourth-order valence-corrected chi connectivity index (χ4v) is 1.95. The van der Waals surface area contributed by atoms with Gasteiger partial charge in [-0.15, -0.1) is 0 Å². The van der Waals surface area contributed by atoms with E-state index in [9.17, 15) is 14.9 Å². The fourth-order valence-electron chi connectivity index (χ4n) is 1.95. The van der Waals surface area contributed by atoms with Crippen molar-refractivity contribution in [3.8, 4) is 0 Å². The molecule has 2 rings (SSSR count). The summed E-state index contributed by atoms with van der Waals surface area (Å²) in [5.41, 5.74) is 0.179. The van der Waals surface area contributed by atoms with Gasteiger partial charge in [0.05, 0.1) is 22.4 Å². The molecule has 0 bridgehead atoms. The van der Waals surface area contributed by atoms with Crippen molar-refractivity contribution in [3.05, 3.63) is 21.9 Å². The van der Waals surface area contributed by atoms with Gasteiger partial charge in [0, 0.05) is 6.42 Å². The molecule has 18 heavy (non-hydrogen) atoms. The smallest absolute Gasteiger partial charge is 0.364 e. The van der Waals surface area contributed by atoms with Crippen LogP contribution in [-0.4, -0.2) is 27.1 Å². The largest absolute Gasteiger partial charge is 0.390 e. The van der Waals surface area contributed by atoms with Gasteiger partial charge in [0.2, 0.25) is 0 Å². The first-order valence-corrected chi connectivity index (χ1v) is 5.67. The highest BCUT2D eigenvalue weighted by Gasteiger charge is 2.35. The van der Waals surface area contributed by atoms with Crippen LogP contribution in [-0.2, 0) is 15.1 Å². The highest BCUT2D eigenvalue weighted by atomic mass is 16.6. The van der Waals surface area contributed by atoms with Gasteiger partial charge in [-0.05, 0) is 25.7 Å². The monoisotopic (exact) mass is 253 g/mol. The number of ether oxygens (including phenoxy) is 1. The van der Waals surface area contributed by atoms with Gasteiger partial charge in [-0.1, -0.05) is 0 Å². The molecular weight excluding hydrogens is 238 g/mol. The van der Waals surface area contributed by atoms with Gasteiger partial charge < -0.3 is 14.9 Å². The van der Waals surface area contributed by atoms with E-state index >= 15 is 0 Å². The molecule has 0 spiro atoms. The van der Waals surface area contributed by atoms with Crippen LogP contribution in [0.5, 0.6) is 0 Å². The molecule has 1 aliphatic heterocycles. The Morgan fingerprint density at radius 3 is 2.67 bits per heavy atom. The van der Waals surface area contributed by atoms with Gasteiger partial charge in [0.1, 0.15) is 12.7 Å². The Labute approximate surface area is 104 Å². The molecule has 2 heterocycles. The summed E-state index contributed by atoms with van der Waals surface area (Å²) in [5.74, 6) is -0.216. The second-order valence-corrected chi connectivity index (χ2v) is 5.31. The van der Waals surface area contributed by atoms with Gasteiger partial charge in [-0.2, -0.15) is 4.68 Å². The minimum absolute atomic E-state index is 0.00399. The normalized spacial score (nSPS) is 20.4. The Balaban J connectivity index is 2.44. The highest BCUT2D eigenvalue weighted by Crippen LogP contribution is 2.32. The van der Waals surface area contributed by atoms with E-state index in [1.54, 1.807) is 4.68 Å². The Morgan fingerprint density at radius 2 is 2.22 bits per heavy atom. The maximum absolute atomic E-state index is 11.2. The minimum atomic E-state index is -0.539. The van der Waals surface area contributed by atoms with Crippen molar-refractivity contribution >= 4 is 11.6 Å². The topological polar surface area (TPSA) is 87.3 Å². The Morgan fingerprint density at radius 1 is 1.56 bits per heavy atom. The lowest BCUT2D eigenvalue weighted by Crippen LogP contribution is -2.26. The lowest BCUT2D eigenvalue weighted by atomic mass is 10.1. The molecule has 7 heteroatoms. The summed E-state index contributed by atoms with van der Waals surface area (Å²) < 4.78 is 6.91. The van der Waals surface area contributed by atoms with Crippen molar-refractivity contribution in [1.29, 1.82) is 0 Å². The number of aromatic nitrogens is 2. The predicted molar refractivity (Wildman–Crippen MR) is 62.2 cm³/mol. The molecule has 0 aliphatic carbocycles. The molecule has 98 valence electrons. The quantitative estimate of drug-likeness (QED) is 0.589. The number of carbonyl (C=O) groups is 1. The Kier molecular flexibility index (Phi) is 2.94. The maximum atomic E-state index is 11.2. The van der Waals surface area contributed by atoms with E-state index < -0.39 is 16.6 Å². The zero-order valence-corrected chi connectivity index (χ0v) is 10.5. The molecule has 1 aromatic heterocycles.